The minimum absolute atomic E-state index is 0.889. The van der Waals surface area contributed by atoms with E-state index in [4.69, 9.17) is 10.2 Å². The second kappa shape index (κ2) is 13.5. The lowest BCUT2D eigenvalue weighted by atomic mass is 9.89. The predicted molar refractivity (Wildman–Crippen MR) is 128 cm³/mol. The van der Waals surface area contributed by atoms with Gasteiger partial charge in [0, 0.05) is 0 Å². The maximum absolute atomic E-state index is 12.1. The summed E-state index contributed by atoms with van der Waals surface area (Å²) in [5.74, 6) is -7.50. The molecule has 0 saturated carbocycles. The van der Waals surface area contributed by atoms with Crippen molar-refractivity contribution in [1.82, 2.24) is 0 Å². The summed E-state index contributed by atoms with van der Waals surface area (Å²) in [6, 6.07) is 0. The van der Waals surface area contributed by atoms with Crippen molar-refractivity contribution >= 4 is 17.9 Å². The number of hydrogen-bond donors (Lipinski definition) is 3. The van der Waals surface area contributed by atoms with Crippen LogP contribution >= 0.6 is 0 Å². The summed E-state index contributed by atoms with van der Waals surface area (Å²) < 4.78 is 120. The Morgan fingerprint density at radius 2 is 0.548 bits per heavy atom. The van der Waals surface area contributed by atoms with E-state index in [1.54, 1.807) is 27.7 Å². The number of carbonyl (C=O) groups excluding carboxylic acids is 3. The standard InChI is InChI=1S/C10H12F6O4.C8H13F3O3.C6H14O2/c1-7(2,19-5(17)9(11,12)13)8(3,4)20-6(18)10(14,15)16;1-6(2,13)7(3,4)14-5(12)8(9,10)11;1-5(2,7)6(3,4)8/h1-4H3;13H,1-4H3;7-8H,1-4H3. The summed E-state index contributed by atoms with van der Waals surface area (Å²) in [5.41, 5.74) is -9.44. The van der Waals surface area contributed by atoms with E-state index in [2.05, 4.69) is 14.2 Å². The molecule has 18 heteroatoms. The highest BCUT2D eigenvalue weighted by molar-refractivity contribution is 5.77. The molecule has 0 rings (SSSR count). The molecule has 0 heterocycles. The van der Waals surface area contributed by atoms with Crippen LogP contribution in [-0.4, -0.2) is 85.4 Å². The van der Waals surface area contributed by atoms with Crippen LogP contribution in [0.3, 0.4) is 0 Å². The fraction of sp³-hybridized carbons (Fsp3) is 0.875. The Labute approximate surface area is 237 Å². The zero-order chi connectivity index (χ0) is 35.4. The van der Waals surface area contributed by atoms with Gasteiger partial charge in [0.05, 0.1) is 16.8 Å². The van der Waals surface area contributed by atoms with Gasteiger partial charge in [-0.2, -0.15) is 39.5 Å². The van der Waals surface area contributed by atoms with Crippen molar-refractivity contribution in [3.63, 3.8) is 0 Å². The SMILES string of the molecule is CC(C)(O)C(C)(C)O.CC(C)(O)C(C)(C)OC(=O)C(F)(F)F.CC(C)(OC(=O)C(F)(F)F)C(C)(C)OC(=O)C(F)(F)F. The smallest absolute Gasteiger partial charge is 0.450 e. The highest BCUT2D eigenvalue weighted by atomic mass is 19.4. The number of hydrogen-bond acceptors (Lipinski definition) is 9. The number of aliphatic hydroxyl groups is 3. The summed E-state index contributed by atoms with van der Waals surface area (Å²) in [6.45, 7) is 14.8. The van der Waals surface area contributed by atoms with E-state index in [1.807, 2.05) is 0 Å². The van der Waals surface area contributed by atoms with Crippen LogP contribution < -0.4 is 0 Å². The third-order valence-electron chi connectivity index (χ3n) is 6.16. The molecule has 0 aliphatic heterocycles. The lowest BCUT2D eigenvalue weighted by Gasteiger charge is -2.39. The van der Waals surface area contributed by atoms with Crippen LogP contribution in [0, 0.1) is 0 Å². The fourth-order valence-corrected chi connectivity index (χ4v) is 1.24. The quantitative estimate of drug-likeness (QED) is 0.209. The minimum Gasteiger partial charge on any atom is -0.450 e. The Kier molecular flexibility index (Phi) is 14.2. The van der Waals surface area contributed by atoms with E-state index in [0.717, 1.165) is 27.7 Å². The van der Waals surface area contributed by atoms with Gasteiger partial charge in [0.1, 0.15) is 16.8 Å². The molecule has 0 aliphatic rings. The zero-order valence-corrected chi connectivity index (χ0v) is 25.2. The topological polar surface area (TPSA) is 140 Å². The molecule has 0 aromatic rings. The molecule has 252 valence electrons. The third-order valence-corrected chi connectivity index (χ3v) is 6.16. The number of alkyl halides is 9. The van der Waals surface area contributed by atoms with Crippen LogP contribution in [0.1, 0.15) is 83.1 Å². The number of rotatable bonds is 6. The lowest BCUT2D eigenvalue weighted by Crippen LogP contribution is -2.54. The average molecular weight is 643 g/mol. The summed E-state index contributed by atoms with van der Waals surface area (Å²) in [6.07, 6.45) is -15.7. The van der Waals surface area contributed by atoms with Gasteiger partial charge < -0.3 is 29.5 Å². The largest absolute Gasteiger partial charge is 0.490 e. The van der Waals surface area contributed by atoms with Gasteiger partial charge in [0.2, 0.25) is 0 Å². The van der Waals surface area contributed by atoms with Gasteiger partial charge >= 0.3 is 36.4 Å². The molecule has 0 atom stereocenters. The van der Waals surface area contributed by atoms with Crippen molar-refractivity contribution in [3.8, 4) is 0 Å². The zero-order valence-electron chi connectivity index (χ0n) is 25.2. The van der Waals surface area contributed by atoms with Gasteiger partial charge in [-0.25, -0.2) is 14.4 Å². The Hall–Kier alpha value is -2.34. The van der Waals surface area contributed by atoms with Crippen molar-refractivity contribution in [2.24, 2.45) is 0 Å². The van der Waals surface area contributed by atoms with Crippen molar-refractivity contribution < 1.29 is 83.4 Å². The van der Waals surface area contributed by atoms with Crippen LogP contribution in [0.5, 0.6) is 0 Å². The predicted octanol–water partition coefficient (Wildman–Crippen LogP) is 4.92. The van der Waals surface area contributed by atoms with E-state index >= 15 is 0 Å². The molecule has 0 amide bonds. The maximum Gasteiger partial charge on any atom is 0.490 e. The normalized spacial score (nSPS) is 14.0. The second-order valence-electron chi connectivity index (χ2n) is 11.9. The molecule has 0 fully saturated rings. The van der Waals surface area contributed by atoms with Crippen LogP contribution in [0.2, 0.25) is 0 Å². The molecule has 0 saturated heterocycles. The molecule has 0 aromatic heterocycles. The molecule has 0 spiro atoms. The summed E-state index contributed by atoms with van der Waals surface area (Å²) in [4.78, 5) is 31.9. The Bertz CT molecular complexity index is 863. The van der Waals surface area contributed by atoms with E-state index in [-0.39, 0.29) is 0 Å². The van der Waals surface area contributed by atoms with Crippen molar-refractivity contribution in [3.05, 3.63) is 0 Å². The second-order valence-corrected chi connectivity index (χ2v) is 11.9. The summed E-state index contributed by atoms with van der Waals surface area (Å²) in [7, 11) is 0. The maximum atomic E-state index is 12.1. The van der Waals surface area contributed by atoms with Gasteiger partial charge in [0.25, 0.3) is 0 Å². The minimum atomic E-state index is -5.32. The average Bonchev–Trinajstić information content (AvgIpc) is 2.63. The van der Waals surface area contributed by atoms with Gasteiger partial charge in [-0.05, 0) is 83.1 Å². The van der Waals surface area contributed by atoms with Crippen molar-refractivity contribution in [1.29, 1.82) is 0 Å². The van der Waals surface area contributed by atoms with Crippen molar-refractivity contribution in [2.45, 2.75) is 135 Å². The first-order chi connectivity index (χ1) is 17.6. The Morgan fingerprint density at radius 3 is 0.667 bits per heavy atom. The number of halogens is 9. The van der Waals surface area contributed by atoms with E-state index < -0.39 is 70.0 Å². The molecule has 42 heavy (non-hydrogen) atoms. The molecule has 0 bridgehead atoms. The van der Waals surface area contributed by atoms with Gasteiger partial charge in [-0.15, -0.1) is 0 Å². The molecule has 0 unspecified atom stereocenters. The first-order valence-electron chi connectivity index (χ1n) is 11.7. The first kappa shape index (κ1) is 44.1. The Morgan fingerprint density at radius 1 is 0.381 bits per heavy atom. The van der Waals surface area contributed by atoms with Crippen LogP contribution in [0.4, 0.5) is 39.5 Å². The van der Waals surface area contributed by atoms with Crippen LogP contribution in [0.15, 0.2) is 0 Å². The third kappa shape index (κ3) is 15.2. The summed E-state index contributed by atoms with van der Waals surface area (Å²) in [5, 5.41) is 27.6. The molecule has 0 radical (unpaired) electrons. The highest BCUT2D eigenvalue weighted by Gasteiger charge is 2.53. The van der Waals surface area contributed by atoms with Gasteiger partial charge in [0.15, 0.2) is 0 Å². The van der Waals surface area contributed by atoms with Gasteiger partial charge in [-0.1, -0.05) is 0 Å². The van der Waals surface area contributed by atoms with Crippen LogP contribution in [0.25, 0.3) is 0 Å². The number of esters is 3. The molecule has 0 aromatic carbocycles. The number of carbonyl (C=O) groups is 3. The molecular formula is C24H39F9O9. The fourth-order valence-electron chi connectivity index (χ4n) is 1.24. The molecule has 0 aliphatic carbocycles. The van der Waals surface area contributed by atoms with Gasteiger partial charge in [-0.3, -0.25) is 0 Å². The highest BCUT2D eigenvalue weighted by Crippen LogP contribution is 2.34. The van der Waals surface area contributed by atoms with Crippen molar-refractivity contribution in [2.75, 3.05) is 0 Å². The molecule has 9 nitrogen and oxygen atoms in total. The first-order valence-corrected chi connectivity index (χ1v) is 11.7. The molecular weight excluding hydrogens is 603 g/mol. The lowest BCUT2D eigenvalue weighted by molar-refractivity contribution is -0.244. The van der Waals surface area contributed by atoms with E-state index in [0.29, 0.717) is 0 Å². The molecule has 3 N–H and O–H groups in total. The number of ether oxygens (including phenoxy) is 3. The monoisotopic (exact) mass is 642 g/mol. The summed E-state index contributed by atoms with van der Waals surface area (Å²) >= 11 is 0. The van der Waals surface area contributed by atoms with E-state index in [9.17, 15) is 59.0 Å². The van der Waals surface area contributed by atoms with Crippen LogP contribution in [-0.2, 0) is 28.6 Å². The Balaban J connectivity index is -0.000000598. The van der Waals surface area contributed by atoms with E-state index in [1.165, 1.54) is 27.7 Å².